The van der Waals surface area contributed by atoms with Crippen LogP contribution in [0.2, 0.25) is 0 Å². The van der Waals surface area contributed by atoms with Crippen LogP contribution in [-0.2, 0) is 12.8 Å². The van der Waals surface area contributed by atoms with Crippen molar-refractivity contribution in [2.45, 2.75) is 25.7 Å². The van der Waals surface area contributed by atoms with Gasteiger partial charge in [-0.3, -0.25) is 4.79 Å². The quantitative estimate of drug-likeness (QED) is 0.772. The number of benzene rings is 1. The maximum absolute atomic E-state index is 11.6. The summed E-state index contributed by atoms with van der Waals surface area (Å²) in [5, 5.41) is 0.642. The number of hydrogen-bond acceptors (Lipinski definition) is 3. The van der Waals surface area contributed by atoms with Gasteiger partial charge in [-0.05, 0) is 55.0 Å². The molecule has 0 saturated heterocycles. The van der Waals surface area contributed by atoms with Crippen LogP contribution in [0.1, 0.15) is 33.6 Å². The van der Waals surface area contributed by atoms with Gasteiger partial charge >= 0.3 is 0 Å². The summed E-state index contributed by atoms with van der Waals surface area (Å²) in [4.78, 5) is 13.0. The Hall–Kier alpha value is -1.06. The van der Waals surface area contributed by atoms with Crippen molar-refractivity contribution in [3.05, 3.63) is 28.1 Å². The lowest BCUT2D eigenvalue weighted by Crippen LogP contribution is -2.00. The Morgan fingerprint density at radius 1 is 1.33 bits per heavy atom. The zero-order valence-electron chi connectivity index (χ0n) is 10.1. The van der Waals surface area contributed by atoms with Crippen LogP contribution in [0.4, 0.5) is 0 Å². The van der Waals surface area contributed by atoms with Crippen molar-refractivity contribution < 1.29 is 9.53 Å². The van der Waals surface area contributed by atoms with Gasteiger partial charge in [0.25, 0.3) is 5.24 Å². The van der Waals surface area contributed by atoms with Crippen LogP contribution in [0.15, 0.2) is 12.1 Å². The molecule has 0 amide bonds. The summed E-state index contributed by atoms with van der Waals surface area (Å²) in [7, 11) is 1.66. The van der Waals surface area contributed by atoms with E-state index in [1.807, 2.05) is 6.07 Å². The summed E-state index contributed by atoms with van der Waals surface area (Å²) in [5.41, 5.74) is 1.93. The van der Waals surface area contributed by atoms with Gasteiger partial charge in [0.2, 0.25) is 0 Å². The van der Waals surface area contributed by atoms with Gasteiger partial charge in [0.05, 0.1) is 11.8 Å². The molecule has 94 valence electrons. The number of aryl methyl sites for hydroxylation is 2. The predicted octanol–water partition coefficient (Wildman–Crippen LogP) is 4.17. The molecule has 0 radical (unpaired) electrons. The Balaban J connectivity index is 2.38. The molecule has 2 aromatic rings. The molecule has 2 nitrogen and oxygen atoms in total. The molecule has 0 aliphatic heterocycles. The smallest absolute Gasteiger partial charge is 0.253 e. The highest BCUT2D eigenvalue weighted by Crippen LogP contribution is 2.42. The molecule has 4 heteroatoms. The molecule has 0 bridgehead atoms. The number of carbonyl (C=O) groups is 1. The number of rotatable bonds is 2. The SMILES string of the molecule is COc1ccc(C(=O)Cl)c2c3c(sc12)CCCC3. The maximum Gasteiger partial charge on any atom is 0.253 e. The van der Waals surface area contributed by atoms with E-state index in [2.05, 4.69) is 0 Å². The van der Waals surface area contributed by atoms with Crippen molar-refractivity contribution in [1.29, 1.82) is 0 Å². The number of methoxy groups -OCH3 is 1. The summed E-state index contributed by atoms with van der Waals surface area (Å²) in [6.07, 6.45) is 4.56. The Labute approximate surface area is 115 Å². The van der Waals surface area contributed by atoms with Gasteiger partial charge in [-0.25, -0.2) is 0 Å². The molecule has 1 aromatic carbocycles. The van der Waals surface area contributed by atoms with E-state index in [9.17, 15) is 4.79 Å². The third kappa shape index (κ3) is 1.73. The molecule has 1 aliphatic carbocycles. The molecule has 0 atom stereocenters. The first-order chi connectivity index (χ1) is 8.72. The second-order valence-corrected chi connectivity index (χ2v) is 5.95. The van der Waals surface area contributed by atoms with E-state index in [1.165, 1.54) is 23.3 Å². The second-order valence-electron chi connectivity index (χ2n) is 4.50. The molecule has 0 saturated carbocycles. The fraction of sp³-hybridized carbons (Fsp3) is 0.357. The topological polar surface area (TPSA) is 26.3 Å². The molecule has 1 aliphatic rings. The van der Waals surface area contributed by atoms with Crippen molar-refractivity contribution in [1.82, 2.24) is 0 Å². The van der Waals surface area contributed by atoms with Gasteiger partial charge in [0.15, 0.2) is 0 Å². The minimum atomic E-state index is -0.381. The molecule has 0 N–H and O–H groups in total. The molecule has 3 rings (SSSR count). The molecule has 1 aromatic heterocycles. The number of thiophene rings is 1. The lowest BCUT2D eigenvalue weighted by molar-refractivity contribution is 0.108. The summed E-state index contributed by atoms with van der Waals surface area (Å²) in [6, 6.07) is 3.61. The monoisotopic (exact) mass is 280 g/mol. The van der Waals surface area contributed by atoms with Crippen LogP contribution < -0.4 is 4.74 Å². The Kier molecular flexibility index (Phi) is 3.04. The number of fused-ring (bicyclic) bond motifs is 3. The first kappa shape index (κ1) is 12.0. The number of carbonyl (C=O) groups excluding carboxylic acids is 1. The molecule has 0 spiro atoms. The first-order valence-corrected chi connectivity index (χ1v) is 7.23. The molecule has 0 unspecified atom stereocenters. The molecular weight excluding hydrogens is 268 g/mol. The van der Waals surface area contributed by atoms with Crippen molar-refractivity contribution in [2.75, 3.05) is 7.11 Å². The Morgan fingerprint density at radius 2 is 2.11 bits per heavy atom. The van der Waals surface area contributed by atoms with E-state index in [1.54, 1.807) is 24.5 Å². The first-order valence-electron chi connectivity index (χ1n) is 6.03. The van der Waals surface area contributed by atoms with E-state index >= 15 is 0 Å². The van der Waals surface area contributed by atoms with Crippen LogP contribution >= 0.6 is 22.9 Å². The van der Waals surface area contributed by atoms with E-state index in [0.29, 0.717) is 5.56 Å². The lowest BCUT2D eigenvalue weighted by Gasteiger charge is -2.11. The van der Waals surface area contributed by atoms with Gasteiger partial charge < -0.3 is 4.74 Å². The van der Waals surface area contributed by atoms with Crippen molar-refractivity contribution in [2.24, 2.45) is 0 Å². The second kappa shape index (κ2) is 4.56. The normalized spacial score (nSPS) is 14.6. The lowest BCUT2D eigenvalue weighted by atomic mass is 9.94. The third-order valence-corrected chi connectivity index (χ3v) is 5.01. The molecule has 0 fully saturated rings. The van der Waals surface area contributed by atoms with Crippen molar-refractivity contribution in [3.63, 3.8) is 0 Å². The average molecular weight is 281 g/mol. The summed E-state index contributed by atoms with van der Waals surface area (Å²) < 4.78 is 6.46. The van der Waals surface area contributed by atoms with Crippen LogP contribution in [0.5, 0.6) is 5.75 Å². The van der Waals surface area contributed by atoms with E-state index in [-0.39, 0.29) is 5.24 Å². The minimum absolute atomic E-state index is 0.381. The van der Waals surface area contributed by atoms with Crippen LogP contribution in [-0.4, -0.2) is 12.4 Å². The van der Waals surface area contributed by atoms with E-state index in [0.717, 1.165) is 28.7 Å². The molecular formula is C14H13ClO2S. The number of halogens is 1. The molecule has 18 heavy (non-hydrogen) atoms. The number of ether oxygens (including phenoxy) is 1. The zero-order chi connectivity index (χ0) is 12.7. The van der Waals surface area contributed by atoms with Gasteiger partial charge in [-0.15, -0.1) is 11.3 Å². The van der Waals surface area contributed by atoms with Gasteiger partial charge in [-0.1, -0.05) is 0 Å². The van der Waals surface area contributed by atoms with E-state index in [4.69, 9.17) is 16.3 Å². The van der Waals surface area contributed by atoms with Crippen molar-refractivity contribution in [3.8, 4) is 5.75 Å². The van der Waals surface area contributed by atoms with E-state index < -0.39 is 0 Å². The zero-order valence-corrected chi connectivity index (χ0v) is 11.7. The Bertz CT molecular complexity index is 630. The average Bonchev–Trinajstić information content (AvgIpc) is 2.76. The summed E-state index contributed by atoms with van der Waals surface area (Å²) >= 11 is 7.45. The highest BCUT2D eigenvalue weighted by atomic mass is 35.5. The highest BCUT2D eigenvalue weighted by Gasteiger charge is 2.22. The summed E-state index contributed by atoms with van der Waals surface area (Å²) in [6.45, 7) is 0. The largest absolute Gasteiger partial charge is 0.495 e. The van der Waals surface area contributed by atoms with Crippen LogP contribution in [0.25, 0.3) is 10.1 Å². The van der Waals surface area contributed by atoms with Gasteiger partial charge in [0.1, 0.15) is 5.75 Å². The standard InChI is InChI=1S/C14H13ClO2S/c1-17-10-7-6-9(14(15)16)12-8-4-2-3-5-11(8)18-13(10)12/h6-7H,2-5H2,1H3. The molecule has 1 heterocycles. The maximum atomic E-state index is 11.6. The van der Waals surface area contributed by atoms with Crippen LogP contribution in [0.3, 0.4) is 0 Å². The fourth-order valence-electron chi connectivity index (χ4n) is 2.67. The number of hydrogen-bond donors (Lipinski definition) is 0. The van der Waals surface area contributed by atoms with Crippen molar-refractivity contribution >= 4 is 38.3 Å². The third-order valence-electron chi connectivity index (χ3n) is 3.50. The highest BCUT2D eigenvalue weighted by molar-refractivity contribution is 7.19. The predicted molar refractivity (Wildman–Crippen MR) is 75.2 cm³/mol. The van der Waals surface area contributed by atoms with Gasteiger partial charge in [-0.2, -0.15) is 0 Å². The summed E-state index contributed by atoms with van der Waals surface area (Å²) in [5.74, 6) is 0.839. The fourth-order valence-corrected chi connectivity index (χ4v) is 4.23. The minimum Gasteiger partial charge on any atom is -0.495 e. The van der Waals surface area contributed by atoms with Crippen LogP contribution in [0, 0.1) is 0 Å². The Morgan fingerprint density at radius 3 is 2.83 bits per heavy atom. The van der Waals surface area contributed by atoms with Gasteiger partial charge in [0, 0.05) is 15.8 Å².